The Morgan fingerprint density at radius 2 is 1.10 bits per heavy atom. The lowest BCUT2D eigenvalue weighted by Gasteiger charge is -2.24. The zero-order valence-electron chi connectivity index (χ0n) is 22.6. The summed E-state index contributed by atoms with van der Waals surface area (Å²) in [6.45, 7) is 9.51. The van der Waals surface area contributed by atoms with Crippen molar-refractivity contribution in [2.45, 2.75) is 38.5 Å². The van der Waals surface area contributed by atoms with E-state index in [1.54, 1.807) is 0 Å². The molecule has 0 saturated carbocycles. The molecular formula is C38H28O. The van der Waals surface area contributed by atoms with Gasteiger partial charge >= 0.3 is 0 Å². The quantitative estimate of drug-likeness (QED) is 0.202. The molecule has 186 valence electrons. The summed E-state index contributed by atoms with van der Waals surface area (Å²) < 4.78 is 6.82. The van der Waals surface area contributed by atoms with Crippen molar-refractivity contribution in [2.75, 3.05) is 0 Å². The van der Waals surface area contributed by atoms with Crippen LogP contribution in [0.4, 0.5) is 0 Å². The van der Waals surface area contributed by atoms with Crippen molar-refractivity contribution in [1.29, 1.82) is 0 Å². The smallest absolute Gasteiger partial charge is 0.136 e. The van der Waals surface area contributed by atoms with Crippen molar-refractivity contribution >= 4 is 43.5 Å². The molecule has 0 aliphatic heterocycles. The molecule has 0 saturated heterocycles. The third kappa shape index (κ3) is 2.48. The summed E-state index contributed by atoms with van der Waals surface area (Å²) in [6, 6.07) is 36.1. The van der Waals surface area contributed by atoms with Gasteiger partial charge in [0.1, 0.15) is 11.2 Å². The predicted molar refractivity (Wildman–Crippen MR) is 164 cm³/mol. The van der Waals surface area contributed by atoms with E-state index in [1.807, 2.05) is 0 Å². The van der Waals surface area contributed by atoms with Gasteiger partial charge in [-0.05, 0) is 90.3 Å². The minimum Gasteiger partial charge on any atom is -0.456 e. The fourth-order valence-electron chi connectivity index (χ4n) is 7.89. The molecule has 1 heterocycles. The van der Waals surface area contributed by atoms with Crippen molar-refractivity contribution in [3.8, 4) is 22.3 Å². The Kier molecular flexibility index (Phi) is 3.75. The van der Waals surface area contributed by atoms with E-state index in [2.05, 4.69) is 125 Å². The number of fused-ring (bicyclic) bond motifs is 8. The average Bonchev–Trinajstić information content (AvgIpc) is 3.23. The summed E-state index contributed by atoms with van der Waals surface area (Å²) in [6.07, 6.45) is 0. The van der Waals surface area contributed by atoms with E-state index < -0.39 is 0 Å². The molecule has 39 heavy (non-hydrogen) atoms. The Morgan fingerprint density at radius 3 is 1.95 bits per heavy atom. The molecule has 0 amide bonds. The Morgan fingerprint density at radius 1 is 0.462 bits per heavy atom. The summed E-state index contributed by atoms with van der Waals surface area (Å²) in [5, 5.41) is 7.40. The fraction of sp³-hybridized carbons (Fsp3) is 0.158. The Hall–Kier alpha value is -4.36. The van der Waals surface area contributed by atoms with Gasteiger partial charge in [0.25, 0.3) is 0 Å². The second-order valence-electron chi connectivity index (χ2n) is 12.5. The molecule has 0 spiro atoms. The lowest BCUT2D eigenvalue weighted by molar-refractivity contribution is 0.643. The largest absolute Gasteiger partial charge is 0.456 e. The van der Waals surface area contributed by atoms with Crippen molar-refractivity contribution < 1.29 is 4.42 Å². The van der Waals surface area contributed by atoms with Crippen LogP contribution in [0.2, 0.25) is 0 Å². The zero-order valence-corrected chi connectivity index (χ0v) is 22.6. The van der Waals surface area contributed by atoms with Gasteiger partial charge in [-0.25, -0.2) is 0 Å². The van der Waals surface area contributed by atoms with Crippen LogP contribution in [0.5, 0.6) is 0 Å². The molecule has 0 fully saturated rings. The average molecular weight is 501 g/mol. The van der Waals surface area contributed by atoms with Crippen LogP contribution in [-0.4, -0.2) is 0 Å². The van der Waals surface area contributed by atoms with Gasteiger partial charge in [0.05, 0.1) is 0 Å². The van der Waals surface area contributed by atoms with Gasteiger partial charge in [-0.1, -0.05) is 100 Å². The van der Waals surface area contributed by atoms with Crippen LogP contribution < -0.4 is 0 Å². The van der Waals surface area contributed by atoms with Crippen molar-refractivity contribution in [2.24, 2.45) is 0 Å². The second-order valence-corrected chi connectivity index (χ2v) is 12.5. The standard InChI is InChI=1S/C38H28O/c1-37(2)28-16-6-5-12-22(28)26-18-30-27(19-29(26)37)35-25-15-9-14-24-23-13-7-10-21-11-8-17-32(34(21)23)39-33(36(24)25)20-31(35)38(30,3)4/h5-20H,1-4H3. The van der Waals surface area contributed by atoms with E-state index in [1.165, 1.54) is 76.8 Å². The SMILES string of the molecule is CC1(C)c2ccccc2-c2cc3c(cc21)-c1c(cc2oc4cccc5cccc(c6cccc1c26)c54)C3(C)C. The molecule has 6 aromatic carbocycles. The first-order valence-electron chi connectivity index (χ1n) is 13.9. The fourth-order valence-corrected chi connectivity index (χ4v) is 7.89. The first-order chi connectivity index (χ1) is 18.9. The van der Waals surface area contributed by atoms with Gasteiger partial charge in [0.2, 0.25) is 0 Å². The highest BCUT2D eigenvalue weighted by molar-refractivity contribution is 6.25. The lowest BCUT2D eigenvalue weighted by Crippen LogP contribution is -2.17. The van der Waals surface area contributed by atoms with Crippen LogP contribution in [0, 0.1) is 0 Å². The normalized spacial score (nSPS) is 16.1. The van der Waals surface area contributed by atoms with Crippen LogP contribution in [0.15, 0.2) is 101 Å². The molecule has 0 bridgehead atoms. The molecule has 1 nitrogen and oxygen atoms in total. The minimum atomic E-state index is -0.142. The van der Waals surface area contributed by atoms with E-state index in [4.69, 9.17) is 4.42 Å². The van der Waals surface area contributed by atoms with Gasteiger partial charge in [-0.3, -0.25) is 0 Å². The predicted octanol–water partition coefficient (Wildman–Crippen LogP) is 10.5. The first-order valence-corrected chi connectivity index (χ1v) is 13.9. The van der Waals surface area contributed by atoms with Crippen LogP contribution in [-0.2, 0) is 10.8 Å². The number of rotatable bonds is 0. The summed E-state index contributed by atoms with van der Waals surface area (Å²) in [5.41, 5.74) is 12.8. The van der Waals surface area contributed by atoms with Crippen molar-refractivity contribution in [1.82, 2.24) is 0 Å². The third-order valence-electron chi connectivity index (χ3n) is 9.84. The highest BCUT2D eigenvalue weighted by Gasteiger charge is 2.42. The van der Waals surface area contributed by atoms with E-state index in [0.717, 1.165) is 11.2 Å². The zero-order chi connectivity index (χ0) is 26.3. The number of hydrogen-bond acceptors (Lipinski definition) is 1. The Labute approximate surface area is 227 Å². The minimum absolute atomic E-state index is 0.0297. The highest BCUT2D eigenvalue weighted by atomic mass is 16.3. The molecule has 1 aromatic heterocycles. The number of benzene rings is 6. The van der Waals surface area contributed by atoms with E-state index in [0.29, 0.717) is 0 Å². The molecule has 0 atom stereocenters. The summed E-state index contributed by atoms with van der Waals surface area (Å²) in [5.74, 6) is 0. The molecule has 2 aliphatic carbocycles. The van der Waals surface area contributed by atoms with Crippen LogP contribution in [0.1, 0.15) is 49.9 Å². The third-order valence-corrected chi connectivity index (χ3v) is 9.84. The van der Waals surface area contributed by atoms with Crippen LogP contribution in [0.25, 0.3) is 65.7 Å². The van der Waals surface area contributed by atoms with Crippen LogP contribution in [0.3, 0.4) is 0 Å². The monoisotopic (exact) mass is 500 g/mol. The molecule has 0 radical (unpaired) electrons. The van der Waals surface area contributed by atoms with Crippen LogP contribution >= 0.6 is 0 Å². The molecular weight excluding hydrogens is 472 g/mol. The van der Waals surface area contributed by atoms with Crippen molar-refractivity contribution in [3.63, 3.8) is 0 Å². The van der Waals surface area contributed by atoms with Gasteiger partial charge in [-0.15, -0.1) is 0 Å². The lowest BCUT2D eigenvalue weighted by atomic mass is 9.79. The van der Waals surface area contributed by atoms with E-state index in [9.17, 15) is 0 Å². The second kappa shape index (κ2) is 6.79. The first kappa shape index (κ1) is 21.6. The Bertz CT molecular complexity index is 2220. The molecule has 7 aromatic rings. The summed E-state index contributed by atoms with van der Waals surface area (Å²) >= 11 is 0. The number of hydrogen-bond donors (Lipinski definition) is 0. The maximum atomic E-state index is 6.82. The molecule has 0 unspecified atom stereocenters. The molecule has 2 aliphatic rings. The molecule has 1 heteroatoms. The molecule has 9 rings (SSSR count). The maximum Gasteiger partial charge on any atom is 0.136 e. The maximum absolute atomic E-state index is 6.82. The topological polar surface area (TPSA) is 13.1 Å². The van der Waals surface area contributed by atoms with Gasteiger partial charge in [0, 0.05) is 21.6 Å². The Balaban J connectivity index is 1.46. The summed E-state index contributed by atoms with van der Waals surface area (Å²) in [4.78, 5) is 0. The van der Waals surface area contributed by atoms with E-state index >= 15 is 0 Å². The van der Waals surface area contributed by atoms with Crippen molar-refractivity contribution in [3.05, 3.63) is 119 Å². The van der Waals surface area contributed by atoms with Gasteiger partial charge < -0.3 is 4.42 Å². The van der Waals surface area contributed by atoms with E-state index in [-0.39, 0.29) is 10.8 Å². The molecule has 0 N–H and O–H groups in total. The highest BCUT2D eigenvalue weighted by Crippen LogP contribution is 2.58. The van der Waals surface area contributed by atoms with Gasteiger partial charge in [0.15, 0.2) is 0 Å². The summed E-state index contributed by atoms with van der Waals surface area (Å²) in [7, 11) is 0. The van der Waals surface area contributed by atoms with Gasteiger partial charge in [-0.2, -0.15) is 0 Å².